The number of hydrogen-bond acceptors (Lipinski definition) is 5. The molecule has 1 atom stereocenters. The molecule has 160 valence electrons. The molecular weight excluding hydrogens is 414 g/mol. The van der Waals surface area contributed by atoms with Gasteiger partial charge in [0.25, 0.3) is 0 Å². The third-order valence-corrected chi connectivity index (χ3v) is 6.30. The van der Waals surface area contributed by atoms with Crippen molar-refractivity contribution in [3.8, 4) is 6.07 Å². The van der Waals surface area contributed by atoms with E-state index in [2.05, 4.69) is 57.2 Å². The third-order valence-electron chi connectivity index (χ3n) is 5.27. The zero-order valence-electron chi connectivity index (χ0n) is 17.8. The molecule has 4 rings (SSSR count). The molecule has 4 aromatic rings. The van der Waals surface area contributed by atoms with E-state index in [1.54, 1.807) is 11.8 Å². The molecule has 0 aliphatic heterocycles. The van der Waals surface area contributed by atoms with Crippen LogP contribution in [-0.2, 0) is 25.1 Å². The Morgan fingerprint density at radius 3 is 2.28 bits per heavy atom. The molecule has 0 amide bonds. The summed E-state index contributed by atoms with van der Waals surface area (Å²) >= 11 is 1.62. The Kier molecular flexibility index (Phi) is 7.34. The number of nitrogens with two attached hydrogens (primary N) is 1. The van der Waals surface area contributed by atoms with Gasteiger partial charge in [0.2, 0.25) is 0 Å². The zero-order chi connectivity index (χ0) is 22.2. The normalized spacial score (nSPS) is 11.8. The third kappa shape index (κ3) is 5.64. The Morgan fingerprint density at radius 2 is 1.56 bits per heavy atom. The predicted molar refractivity (Wildman–Crippen MR) is 128 cm³/mol. The molecule has 1 aromatic heterocycles. The lowest BCUT2D eigenvalue weighted by molar-refractivity contribution is 0.554. The lowest BCUT2D eigenvalue weighted by Crippen LogP contribution is -2.20. The quantitative estimate of drug-likeness (QED) is 0.374. The van der Waals surface area contributed by atoms with Gasteiger partial charge in [-0.15, -0.1) is 10.2 Å². The first-order chi connectivity index (χ1) is 15.7. The lowest BCUT2D eigenvalue weighted by atomic mass is 10.1. The van der Waals surface area contributed by atoms with Gasteiger partial charge < -0.3 is 10.3 Å². The highest BCUT2D eigenvalue weighted by atomic mass is 32.2. The number of nitrogens with zero attached hydrogens (tertiary/aromatic N) is 4. The number of rotatable bonds is 9. The molecule has 0 saturated carbocycles. The molecule has 0 aliphatic rings. The van der Waals surface area contributed by atoms with Gasteiger partial charge in [0.15, 0.2) is 11.0 Å². The summed E-state index contributed by atoms with van der Waals surface area (Å²) in [6.07, 6.45) is 1.58. The summed E-state index contributed by atoms with van der Waals surface area (Å²) in [4.78, 5) is 0. The summed E-state index contributed by atoms with van der Waals surface area (Å²) in [6, 6.07) is 30.3. The van der Waals surface area contributed by atoms with Crippen molar-refractivity contribution >= 4 is 11.8 Å². The SMILES string of the molecule is N#Cc1cccc(CSc2nnc([C@@H](N)Cc3ccccc3)n2CCc2ccccc2)c1. The molecule has 0 aliphatic carbocycles. The van der Waals surface area contributed by atoms with Crippen LogP contribution in [0, 0.1) is 11.3 Å². The van der Waals surface area contributed by atoms with Gasteiger partial charge in [-0.3, -0.25) is 0 Å². The highest BCUT2D eigenvalue weighted by molar-refractivity contribution is 7.98. The molecule has 1 heterocycles. The Balaban J connectivity index is 1.55. The van der Waals surface area contributed by atoms with Crippen LogP contribution in [0.15, 0.2) is 90.1 Å². The first-order valence-electron chi connectivity index (χ1n) is 10.6. The van der Waals surface area contributed by atoms with Crippen LogP contribution in [0.1, 0.15) is 34.1 Å². The van der Waals surface area contributed by atoms with E-state index in [-0.39, 0.29) is 6.04 Å². The second kappa shape index (κ2) is 10.8. The molecule has 0 fully saturated rings. The summed E-state index contributed by atoms with van der Waals surface area (Å²) in [5.41, 5.74) is 10.8. The average molecular weight is 440 g/mol. The summed E-state index contributed by atoms with van der Waals surface area (Å²) in [5, 5.41) is 19.0. The molecule has 0 spiro atoms. The van der Waals surface area contributed by atoms with Crippen molar-refractivity contribution in [2.75, 3.05) is 0 Å². The number of nitriles is 1. The van der Waals surface area contributed by atoms with E-state index in [1.807, 2.05) is 48.5 Å². The maximum atomic E-state index is 9.16. The van der Waals surface area contributed by atoms with Gasteiger partial charge in [-0.2, -0.15) is 5.26 Å². The van der Waals surface area contributed by atoms with E-state index in [0.29, 0.717) is 17.7 Å². The van der Waals surface area contributed by atoms with E-state index < -0.39 is 0 Å². The fourth-order valence-corrected chi connectivity index (χ4v) is 4.53. The summed E-state index contributed by atoms with van der Waals surface area (Å²) in [5.74, 6) is 1.52. The van der Waals surface area contributed by atoms with Crippen LogP contribution in [0.25, 0.3) is 0 Å². The Hall–Kier alpha value is -3.40. The number of thioether (sulfide) groups is 1. The van der Waals surface area contributed by atoms with Gasteiger partial charge in [-0.1, -0.05) is 84.6 Å². The smallest absolute Gasteiger partial charge is 0.191 e. The van der Waals surface area contributed by atoms with E-state index in [4.69, 9.17) is 11.0 Å². The molecule has 3 aromatic carbocycles. The van der Waals surface area contributed by atoms with Crippen LogP contribution in [0.4, 0.5) is 0 Å². The molecule has 2 N–H and O–H groups in total. The van der Waals surface area contributed by atoms with Gasteiger partial charge >= 0.3 is 0 Å². The molecule has 0 bridgehead atoms. The Labute approximate surface area is 192 Å². The predicted octanol–water partition coefficient (Wildman–Crippen LogP) is 4.93. The number of hydrogen-bond donors (Lipinski definition) is 1. The maximum Gasteiger partial charge on any atom is 0.191 e. The van der Waals surface area contributed by atoms with Crippen molar-refractivity contribution in [3.63, 3.8) is 0 Å². The first kappa shape index (κ1) is 21.8. The van der Waals surface area contributed by atoms with Gasteiger partial charge in [0, 0.05) is 12.3 Å². The van der Waals surface area contributed by atoms with Crippen LogP contribution in [0.5, 0.6) is 0 Å². The minimum absolute atomic E-state index is 0.239. The molecule has 0 radical (unpaired) electrons. The highest BCUT2D eigenvalue weighted by Gasteiger charge is 2.19. The maximum absolute atomic E-state index is 9.16. The zero-order valence-corrected chi connectivity index (χ0v) is 18.6. The molecule has 5 nitrogen and oxygen atoms in total. The topological polar surface area (TPSA) is 80.5 Å². The average Bonchev–Trinajstić information content (AvgIpc) is 3.26. The Morgan fingerprint density at radius 1 is 0.875 bits per heavy atom. The Bertz CT molecular complexity index is 1180. The van der Waals surface area contributed by atoms with Crippen molar-refractivity contribution < 1.29 is 0 Å². The van der Waals surface area contributed by atoms with Crippen molar-refractivity contribution in [1.29, 1.82) is 5.26 Å². The van der Waals surface area contributed by atoms with E-state index in [0.717, 1.165) is 29.5 Å². The first-order valence-corrected chi connectivity index (χ1v) is 11.6. The van der Waals surface area contributed by atoms with Gasteiger partial charge in [0.05, 0.1) is 17.7 Å². The van der Waals surface area contributed by atoms with Crippen molar-refractivity contribution in [3.05, 3.63) is 113 Å². The number of benzene rings is 3. The second-order valence-corrected chi connectivity index (χ2v) is 8.57. The molecule has 0 unspecified atom stereocenters. The number of aryl methyl sites for hydroxylation is 1. The monoisotopic (exact) mass is 439 g/mol. The van der Waals surface area contributed by atoms with Gasteiger partial charge in [-0.25, -0.2) is 0 Å². The standard InChI is InChI=1S/C26H25N5S/c27-18-22-12-7-13-23(16-22)19-32-26-30-29-25(24(28)17-21-10-5-2-6-11-21)31(26)15-14-20-8-3-1-4-9-20/h1-13,16,24H,14-15,17,19,28H2/t24-/m0/s1. The summed E-state index contributed by atoms with van der Waals surface area (Å²) < 4.78 is 2.15. The minimum Gasteiger partial charge on any atom is -0.321 e. The summed E-state index contributed by atoms with van der Waals surface area (Å²) in [7, 11) is 0. The minimum atomic E-state index is -0.239. The molecule has 0 saturated heterocycles. The molecular formula is C26H25N5S. The molecule has 32 heavy (non-hydrogen) atoms. The van der Waals surface area contributed by atoms with Gasteiger partial charge in [-0.05, 0) is 41.7 Å². The van der Waals surface area contributed by atoms with Crippen molar-refractivity contribution in [2.45, 2.75) is 36.3 Å². The summed E-state index contributed by atoms with van der Waals surface area (Å²) in [6.45, 7) is 0.759. The van der Waals surface area contributed by atoms with Crippen molar-refractivity contribution in [2.24, 2.45) is 5.73 Å². The van der Waals surface area contributed by atoms with Crippen LogP contribution >= 0.6 is 11.8 Å². The second-order valence-electron chi connectivity index (χ2n) is 7.63. The molecule has 6 heteroatoms. The van der Waals surface area contributed by atoms with Gasteiger partial charge in [0.1, 0.15) is 0 Å². The van der Waals surface area contributed by atoms with E-state index in [9.17, 15) is 0 Å². The van der Waals surface area contributed by atoms with Crippen molar-refractivity contribution in [1.82, 2.24) is 14.8 Å². The number of aromatic nitrogens is 3. The highest BCUT2D eigenvalue weighted by Crippen LogP contribution is 2.25. The van der Waals surface area contributed by atoms with Crippen LogP contribution < -0.4 is 5.73 Å². The fourth-order valence-electron chi connectivity index (χ4n) is 3.61. The van der Waals surface area contributed by atoms with Crippen LogP contribution in [-0.4, -0.2) is 14.8 Å². The largest absolute Gasteiger partial charge is 0.321 e. The van der Waals surface area contributed by atoms with Crippen LogP contribution in [0.3, 0.4) is 0 Å². The van der Waals surface area contributed by atoms with E-state index >= 15 is 0 Å². The fraction of sp³-hybridized carbons (Fsp3) is 0.192. The lowest BCUT2D eigenvalue weighted by Gasteiger charge is -2.15. The van der Waals surface area contributed by atoms with E-state index in [1.165, 1.54) is 11.1 Å². The van der Waals surface area contributed by atoms with Crippen LogP contribution in [0.2, 0.25) is 0 Å².